The molecule has 14 atom stereocenters. The van der Waals surface area contributed by atoms with Crippen LogP contribution in [0.25, 0.3) is 0 Å². The average Bonchev–Trinajstić information content (AvgIpc) is 3.08. The molecule has 3 heterocycles. The first kappa shape index (κ1) is 27.9. The molecule has 0 aliphatic carbocycles. The Bertz CT molecular complexity index is 653. The lowest BCUT2D eigenvalue weighted by Gasteiger charge is -2.44. The van der Waals surface area contributed by atoms with Gasteiger partial charge < -0.3 is 79.9 Å². The summed E-state index contributed by atoms with van der Waals surface area (Å²) in [5, 5.41) is 109. The minimum Gasteiger partial charge on any atom is -0.394 e. The maximum atomic E-state index is 10.3. The van der Waals surface area contributed by atoms with Crippen molar-refractivity contribution >= 4 is 0 Å². The van der Waals surface area contributed by atoms with E-state index in [-0.39, 0.29) is 0 Å². The van der Waals surface area contributed by atoms with Crippen molar-refractivity contribution < 1.29 is 79.9 Å². The zero-order valence-electron chi connectivity index (χ0n) is 17.8. The van der Waals surface area contributed by atoms with Crippen molar-refractivity contribution in [2.75, 3.05) is 26.4 Å². The van der Waals surface area contributed by atoms with Crippen LogP contribution >= 0.6 is 0 Å². The van der Waals surface area contributed by atoms with E-state index < -0.39 is 112 Å². The normalized spacial score (nSPS) is 52.1. The van der Waals surface area contributed by atoms with Gasteiger partial charge in [0.15, 0.2) is 12.6 Å². The first-order valence-electron chi connectivity index (χ1n) is 10.6. The Morgan fingerprint density at radius 2 is 1.12 bits per heavy atom. The van der Waals surface area contributed by atoms with Gasteiger partial charge in [-0.05, 0) is 0 Å². The Morgan fingerprint density at radius 3 is 1.65 bits per heavy atom. The highest BCUT2D eigenvalue weighted by Gasteiger charge is 2.58. The zero-order chi connectivity index (χ0) is 25.4. The van der Waals surface area contributed by atoms with Crippen molar-refractivity contribution in [3.8, 4) is 0 Å². The summed E-state index contributed by atoms with van der Waals surface area (Å²) in [5.41, 5.74) is 0. The fourth-order valence-corrected chi connectivity index (χ4v) is 4.01. The van der Waals surface area contributed by atoms with Gasteiger partial charge in [-0.2, -0.15) is 0 Å². The van der Waals surface area contributed by atoms with Crippen LogP contribution in [0.2, 0.25) is 0 Å². The van der Waals surface area contributed by atoms with Crippen LogP contribution in [0.15, 0.2) is 0 Å². The van der Waals surface area contributed by atoms with Gasteiger partial charge in [0.25, 0.3) is 0 Å². The molecule has 0 aromatic rings. The summed E-state index contributed by atoms with van der Waals surface area (Å²) in [6.45, 7) is -3.14. The molecule has 0 aromatic heterocycles. The van der Waals surface area contributed by atoms with Crippen LogP contribution in [0.5, 0.6) is 0 Å². The lowest BCUT2D eigenvalue weighted by Crippen LogP contribution is -2.63. The predicted molar refractivity (Wildman–Crippen MR) is 101 cm³/mol. The molecule has 16 heteroatoms. The monoisotopic (exact) mass is 504 g/mol. The van der Waals surface area contributed by atoms with Crippen LogP contribution in [0.3, 0.4) is 0 Å². The molecule has 200 valence electrons. The van der Waals surface area contributed by atoms with Crippen LogP contribution in [0.1, 0.15) is 0 Å². The third-order valence-corrected chi connectivity index (χ3v) is 6.16. The Labute approximate surface area is 192 Å². The van der Waals surface area contributed by atoms with Crippen LogP contribution in [0.4, 0.5) is 0 Å². The van der Waals surface area contributed by atoms with Crippen molar-refractivity contribution in [3.05, 3.63) is 0 Å². The molecule has 16 nitrogen and oxygen atoms in total. The zero-order valence-corrected chi connectivity index (χ0v) is 17.8. The molecule has 0 bridgehead atoms. The third kappa shape index (κ3) is 5.09. The lowest BCUT2D eigenvalue weighted by molar-refractivity contribution is -0.388. The molecule has 0 amide bonds. The first-order valence-corrected chi connectivity index (χ1v) is 10.6. The third-order valence-electron chi connectivity index (χ3n) is 6.16. The van der Waals surface area contributed by atoms with E-state index >= 15 is 0 Å². The number of hydrogen-bond donors (Lipinski definition) is 11. The van der Waals surface area contributed by atoms with E-state index in [0.717, 1.165) is 0 Å². The highest BCUT2D eigenvalue weighted by atomic mass is 16.8. The summed E-state index contributed by atoms with van der Waals surface area (Å²) in [6.07, 6.45) is -21.8. The van der Waals surface area contributed by atoms with Gasteiger partial charge in [0, 0.05) is 0 Å². The molecule has 3 aliphatic heterocycles. The summed E-state index contributed by atoms with van der Waals surface area (Å²) in [5.74, 6) is -2.36. The van der Waals surface area contributed by atoms with E-state index in [1.165, 1.54) is 0 Å². The smallest absolute Gasteiger partial charge is 0.224 e. The van der Waals surface area contributed by atoms with E-state index in [1.54, 1.807) is 0 Å². The quantitative estimate of drug-likeness (QED) is 0.146. The maximum Gasteiger partial charge on any atom is 0.224 e. The first-order chi connectivity index (χ1) is 16.0. The van der Waals surface area contributed by atoms with Gasteiger partial charge in [-0.3, -0.25) is 0 Å². The van der Waals surface area contributed by atoms with E-state index in [2.05, 4.69) is 0 Å². The maximum absolute atomic E-state index is 10.3. The van der Waals surface area contributed by atoms with Gasteiger partial charge >= 0.3 is 0 Å². The summed E-state index contributed by atoms with van der Waals surface area (Å²) in [4.78, 5) is 0. The highest BCUT2D eigenvalue weighted by molar-refractivity contribution is 4.98. The predicted octanol–water partition coefficient (Wildman–Crippen LogP) is -7.57. The summed E-state index contributed by atoms with van der Waals surface area (Å²) < 4.78 is 26.4. The minimum absolute atomic E-state index is 0.634. The fraction of sp³-hybridized carbons (Fsp3) is 1.00. The molecule has 3 aliphatic rings. The second-order valence-corrected chi connectivity index (χ2v) is 8.41. The van der Waals surface area contributed by atoms with Gasteiger partial charge in [-0.25, -0.2) is 0 Å². The number of aliphatic hydroxyl groups excluding tert-OH is 11. The van der Waals surface area contributed by atoms with Gasteiger partial charge in [0.05, 0.1) is 19.8 Å². The summed E-state index contributed by atoms with van der Waals surface area (Å²) in [6, 6.07) is 0. The topological polar surface area (TPSA) is 269 Å². The van der Waals surface area contributed by atoms with Crippen molar-refractivity contribution in [2.24, 2.45) is 0 Å². The second kappa shape index (κ2) is 11.2. The van der Waals surface area contributed by atoms with Gasteiger partial charge in [-0.1, -0.05) is 0 Å². The summed E-state index contributed by atoms with van der Waals surface area (Å²) in [7, 11) is 0. The SMILES string of the molecule is OCC1O[C@H](OCC2O[C@H](O[C@]3(CO)O[C@H](CO)[C@@H](O)[C@@H]3O)C(O)C(O)[C@@H]2O)C(O)C(O)[C@H]1O. The molecular weight excluding hydrogens is 472 g/mol. The molecule has 11 N–H and O–H groups in total. The number of ether oxygens (including phenoxy) is 5. The molecular formula is C18H32O16. The Balaban J connectivity index is 1.69. The Kier molecular flexibility index (Phi) is 9.18. The number of rotatable bonds is 8. The number of aliphatic hydroxyl groups is 11. The standard InChI is InChI=1S/C18H32O16/c19-1-5-8(22)11(25)13(27)16(31-5)30-3-7-9(23)12(26)14(28)17(32-7)34-18(4-21)15(29)10(24)6(2-20)33-18/h5-17,19-29H,1-4H2/t5?,6-,7?,8+,9-,10-,11?,12?,13?,14?,15+,16+,17-,18+/m1/s1. The molecule has 3 rings (SSSR count). The fourth-order valence-electron chi connectivity index (χ4n) is 4.01. The van der Waals surface area contributed by atoms with Crippen molar-refractivity contribution in [3.63, 3.8) is 0 Å². The van der Waals surface area contributed by atoms with Crippen molar-refractivity contribution in [2.45, 2.75) is 85.5 Å². The van der Waals surface area contributed by atoms with Crippen molar-refractivity contribution in [1.82, 2.24) is 0 Å². The largest absolute Gasteiger partial charge is 0.394 e. The number of hydrogen-bond acceptors (Lipinski definition) is 16. The highest BCUT2D eigenvalue weighted by Crippen LogP contribution is 2.36. The second-order valence-electron chi connectivity index (χ2n) is 8.41. The minimum atomic E-state index is -2.36. The molecule has 0 radical (unpaired) electrons. The average molecular weight is 504 g/mol. The van der Waals surface area contributed by atoms with Gasteiger partial charge in [0.1, 0.15) is 73.8 Å². The molecule has 3 saturated heterocycles. The van der Waals surface area contributed by atoms with Gasteiger partial charge in [0.2, 0.25) is 5.79 Å². The Morgan fingerprint density at radius 1 is 0.588 bits per heavy atom. The molecule has 3 fully saturated rings. The molecule has 6 unspecified atom stereocenters. The van der Waals surface area contributed by atoms with E-state index in [4.69, 9.17) is 23.7 Å². The van der Waals surface area contributed by atoms with E-state index in [1.807, 2.05) is 0 Å². The molecule has 34 heavy (non-hydrogen) atoms. The van der Waals surface area contributed by atoms with Crippen LogP contribution in [-0.2, 0) is 23.7 Å². The molecule has 0 spiro atoms. The van der Waals surface area contributed by atoms with E-state index in [0.29, 0.717) is 0 Å². The molecule has 0 aromatic carbocycles. The van der Waals surface area contributed by atoms with Crippen molar-refractivity contribution in [1.29, 1.82) is 0 Å². The lowest BCUT2D eigenvalue weighted by atomic mass is 9.98. The summed E-state index contributed by atoms with van der Waals surface area (Å²) >= 11 is 0. The van der Waals surface area contributed by atoms with E-state index in [9.17, 15) is 56.2 Å². The Hall–Kier alpha value is -0.640. The van der Waals surface area contributed by atoms with Crippen LogP contribution in [0, 0.1) is 0 Å². The van der Waals surface area contributed by atoms with Crippen LogP contribution in [-0.4, -0.2) is 168 Å². The molecule has 0 saturated carbocycles. The van der Waals surface area contributed by atoms with Gasteiger partial charge in [-0.15, -0.1) is 0 Å². The van der Waals surface area contributed by atoms with Crippen LogP contribution < -0.4 is 0 Å².